The van der Waals surface area contributed by atoms with Crippen molar-refractivity contribution >= 4 is 11.5 Å². The number of rotatable bonds is 6. The Kier molecular flexibility index (Phi) is 5.44. The summed E-state index contributed by atoms with van der Waals surface area (Å²) in [5.41, 5.74) is 11.2. The van der Waals surface area contributed by atoms with Gasteiger partial charge in [-0.2, -0.15) is 5.10 Å². The molecule has 164 valence electrons. The molecule has 1 unspecified atom stereocenters. The largest absolute Gasteiger partial charge is 0.404 e. The number of nitrogens with two attached hydrogens (primary N) is 1. The molecular weight excluding hydrogens is 417 g/mol. The maximum atomic E-state index is 13.5. The van der Waals surface area contributed by atoms with Crippen LogP contribution in [0.4, 0.5) is 4.39 Å². The van der Waals surface area contributed by atoms with Crippen molar-refractivity contribution in [3.05, 3.63) is 114 Å². The molecule has 2 aromatic heterocycles. The summed E-state index contributed by atoms with van der Waals surface area (Å²) in [5, 5.41) is 7.31. The first-order chi connectivity index (χ1) is 16.2. The van der Waals surface area contributed by atoms with Crippen LogP contribution >= 0.6 is 0 Å². The summed E-state index contributed by atoms with van der Waals surface area (Å²) in [6.45, 7) is 0.448. The van der Waals surface area contributed by atoms with Gasteiger partial charge in [0.05, 0.1) is 11.4 Å². The van der Waals surface area contributed by atoms with Crippen LogP contribution < -0.4 is 5.73 Å². The molecule has 0 bridgehead atoms. The van der Waals surface area contributed by atoms with Gasteiger partial charge in [0.25, 0.3) is 5.91 Å². The minimum Gasteiger partial charge on any atom is -0.404 e. The number of fused-ring (bicyclic) bond motifs is 1. The number of benzene rings is 2. The second-order valence-corrected chi connectivity index (χ2v) is 7.83. The topological polar surface area (TPSA) is 87.9 Å². The third-order valence-corrected chi connectivity index (χ3v) is 5.92. The zero-order valence-electron chi connectivity index (χ0n) is 17.8. The van der Waals surface area contributed by atoms with Gasteiger partial charge in [0.1, 0.15) is 17.6 Å². The van der Waals surface area contributed by atoms with E-state index in [0.29, 0.717) is 24.4 Å². The molecule has 0 saturated carbocycles. The van der Waals surface area contributed by atoms with Crippen molar-refractivity contribution in [2.45, 2.75) is 12.5 Å². The quantitative estimate of drug-likeness (QED) is 0.462. The number of hydrogen-bond acceptors (Lipinski definition) is 4. The predicted molar refractivity (Wildman–Crippen MR) is 124 cm³/mol. The van der Waals surface area contributed by atoms with E-state index in [-0.39, 0.29) is 11.7 Å². The number of halogens is 1. The number of pyridine rings is 1. The second-order valence-electron chi connectivity index (χ2n) is 7.83. The first kappa shape index (κ1) is 20.6. The summed E-state index contributed by atoms with van der Waals surface area (Å²) >= 11 is 0. The maximum Gasteiger partial charge on any atom is 0.273 e. The molecule has 0 aliphatic carbocycles. The van der Waals surface area contributed by atoms with Crippen LogP contribution in [0.3, 0.4) is 0 Å². The first-order valence-electron chi connectivity index (χ1n) is 10.7. The third kappa shape index (κ3) is 3.78. The number of carbonyl (C=O) groups is 1. The highest BCUT2D eigenvalue weighted by molar-refractivity contribution is 6.00. The van der Waals surface area contributed by atoms with Crippen molar-refractivity contribution in [2.75, 3.05) is 6.54 Å². The highest BCUT2D eigenvalue weighted by Gasteiger charge is 2.42. The maximum absolute atomic E-state index is 13.5. The Labute approximate surface area is 190 Å². The van der Waals surface area contributed by atoms with E-state index >= 15 is 0 Å². The summed E-state index contributed by atoms with van der Waals surface area (Å²) in [6.07, 6.45) is 3.89. The van der Waals surface area contributed by atoms with Crippen molar-refractivity contribution in [2.24, 2.45) is 5.73 Å². The average molecular weight is 439 g/mol. The number of nitrogens with one attached hydrogen (secondary N) is 1. The van der Waals surface area contributed by atoms with Crippen LogP contribution in [0.1, 0.15) is 39.8 Å². The number of carbonyl (C=O) groups excluding carboxylic acids is 1. The molecule has 3 N–H and O–H groups in total. The summed E-state index contributed by atoms with van der Waals surface area (Å²) in [6, 6.07) is 21.2. The van der Waals surface area contributed by atoms with Crippen LogP contribution in [0.2, 0.25) is 0 Å². The minimum atomic E-state index is -0.415. The van der Waals surface area contributed by atoms with E-state index in [1.165, 1.54) is 12.1 Å². The third-order valence-electron chi connectivity index (χ3n) is 5.92. The van der Waals surface area contributed by atoms with Crippen LogP contribution in [-0.4, -0.2) is 32.5 Å². The molecular formula is C26H22FN5O. The monoisotopic (exact) mass is 439 g/mol. The van der Waals surface area contributed by atoms with Crippen molar-refractivity contribution in [3.63, 3.8) is 0 Å². The van der Waals surface area contributed by atoms with E-state index < -0.39 is 6.04 Å². The molecule has 7 heteroatoms. The summed E-state index contributed by atoms with van der Waals surface area (Å²) in [5.74, 6) is -0.474. The van der Waals surface area contributed by atoms with E-state index in [4.69, 9.17) is 5.73 Å². The fourth-order valence-corrected chi connectivity index (χ4v) is 4.32. The van der Waals surface area contributed by atoms with Gasteiger partial charge in [0, 0.05) is 23.9 Å². The summed E-state index contributed by atoms with van der Waals surface area (Å²) in [4.78, 5) is 19.8. The zero-order valence-corrected chi connectivity index (χ0v) is 17.8. The second kappa shape index (κ2) is 8.70. The molecule has 1 atom stereocenters. The van der Waals surface area contributed by atoms with E-state index in [1.807, 2.05) is 48.5 Å². The van der Waals surface area contributed by atoms with Crippen molar-refractivity contribution in [1.82, 2.24) is 20.1 Å². The highest BCUT2D eigenvalue weighted by atomic mass is 19.1. The number of hydrogen-bond donors (Lipinski definition) is 2. The van der Waals surface area contributed by atoms with Gasteiger partial charge in [-0.3, -0.25) is 14.9 Å². The molecule has 0 radical (unpaired) electrons. The molecule has 6 nitrogen and oxygen atoms in total. The Balaban J connectivity index is 1.53. The Hall–Kier alpha value is -4.26. The average Bonchev–Trinajstić information content (AvgIpc) is 3.40. The van der Waals surface area contributed by atoms with E-state index in [9.17, 15) is 9.18 Å². The van der Waals surface area contributed by atoms with Gasteiger partial charge in [-0.05, 0) is 60.2 Å². The van der Waals surface area contributed by atoms with Gasteiger partial charge in [-0.25, -0.2) is 4.39 Å². The zero-order chi connectivity index (χ0) is 22.8. The molecule has 2 aromatic carbocycles. The van der Waals surface area contributed by atoms with Crippen molar-refractivity contribution < 1.29 is 9.18 Å². The van der Waals surface area contributed by atoms with E-state index in [1.54, 1.807) is 29.4 Å². The van der Waals surface area contributed by atoms with Crippen molar-refractivity contribution in [1.29, 1.82) is 0 Å². The van der Waals surface area contributed by atoms with Crippen LogP contribution in [0.15, 0.2) is 85.2 Å². The van der Waals surface area contributed by atoms with Crippen LogP contribution in [0.25, 0.3) is 16.8 Å². The van der Waals surface area contributed by atoms with E-state index in [0.717, 1.165) is 28.0 Å². The van der Waals surface area contributed by atoms with Crippen LogP contribution in [0, 0.1) is 5.82 Å². The molecule has 4 aromatic rings. The van der Waals surface area contributed by atoms with Gasteiger partial charge >= 0.3 is 0 Å². The highest BCUT2D eigenvalue weighted by Crippen LogP contribution is 2.42. The molecule has 5 rings (SSSR count). The fourth-order valence-electron chi connectivity index (χ4n) is 4.32. The van der Waals surface area contributed by atoms with Gasteiger partial charge < -0.3 is 10.6 Å². The number of H-pyrrole nitrogens is 1. The lowest BCUT2D eigenvalue weighted by atomic mass is 9.98. The molecule has 0 fully saturated rings. The molecule has 3 heterocycles. The molecule has 1 aliphatic heterocycles. The normalized spacial score (nSPS) is 15.7. The van der Waals surface area contributed by atoms with Crippen LogP contribution in [-0.2, 0) is 0 Å². The lowest BCUT2D eigenvalue weighted by Crippen LogP contribution is -2.31. The summed E-state index contributed by atoms with van der Waals surface area (Å²) < 4.78 is 13.5. The number of aromatic nitrogens is 3. The van der Waals surface area contributed by atoms with Crippen LogP contribution in [0.5, 0.6) is 0 Å². The fraction of sp³-hybridized carbons (Fsp3) is 0.115. The van der Waals surface area contributed by atoms with Gasteiger partial charge in [-0.1, -0.05) is 36.4 Å². The first-order valence-corrected chi connectivity index (χ1v) is 10.7. The molecule has 0 spiro atoms. The Morgan fingerprint density at radius 2 is 1.82 bits per heavy atom. The molecule has 1 amide bonds. The van der Waals surface area contributed by atoms with Gasteiger partial charge in [0.15, 0.2) is 0 Å². The number of aromatic amines is 1. The van der Waals surface area contributed by atoms with Gasteiger partial charge in [-0.15, -0.1) is 0 Å². The molecule has 1 aliphatic rings. The minimum absolute atomic E-state index is 0.147. The Bertz CT molecular complexity index is 1300. The molecule has 33 heavy (non-hydrogen) atoms. The number of nitrogens with zero attached hydrogens (tertiary/aromatic N) is 3. The number of amides is 1. The lowest BCUT2D eigenvalue weighted by Gasteiger charge is -2.26. The van der Waals surface area contributed by atoms with Crippen molar-refractivity contribution in [3.8, 4) is 11.3 Å². The predicted octanol–water partition coefficient (Wildman–Crippen LogP) is 4.55. The van der Waals surface area contributed by atoms with Gasteiger partial charge in [0.2, 0.25) is 0 Å². The Morgan fingerprint density at radius 3 is 2.52 bits per heavy atom. The smallest absolute Gasteiger partial charge is 0.273 e. The SMILES string of the molecule is N/C=C(\CCN1C(=O)c2[nH]nc(-c3ccc(F)cc3)c2C1c1ccccn1)c1ccccc1. The Morgan fingerprint density at radius 1 is 1.06 bits per heavy atom. The standard InChI is InChI=1S/C26H22FN5O/c27-20-11-9-18(10-12-20)23-22-24(31-30-23)26(33)32(25(22)21-8-4-5-14-29-21)15-13-19(16-28)17-6-2-1-3-7-17/h1-12,14,16,25H,13,15,28H2,(H,30,31)/b19-16+. The lowest BCUT2D eigenvalue weighted by molar-refractivity contribution is 0.0745. The molecule has 0 saturated heterocycles. The van der Waals surface area contributed by atoms with E-state index in [2.05, 4.69) is 15.2 Å². The summed E-state index contributed by atoms with van der Waals surface area (Å²) in [7, 11) is 0.